The molecule has 0 aromatic heterocycles. The van der Waals surface area contributed by atoms with Crippen molar-refractivity contribution < 1.29 is 4.79 Å². The smallest absolute Gasteiger partial charge is 0.158 e. The van der Waals surface area contributed by atoms with E-state index < -0.39 is 6.04 Å². The summed E-state index contributed by atoms with van der Waals surface area (Å²) in [4.78, 5) is 15.8. The SMILES string of the molecule is N#CC1=CN2[C@H](C=C1)[C@H](C(=C(C#N)C#N)c1ccccc1)[C@H](c1ccc(Br)cc1)[C@@H]2C(=O)C1CC1. The number of nitriles is 3. The van der Waals surface area contributed by atoms with Crippen LogP contribution in [0.4, 0.5) is 0 Å². The molecule has 2 aliphatic heterocycles. The van der Waals surface area contributed by atoms with E-state index in [2.05, 4.69) is 34.1 Å². The first-order valence-electron chi connectivity index (χ1n) is 11.5. The van der Waals surface area contributed by atoms with Crippen LogP contribution in [0.1, 0.15) is 29.9 Å². The Kier molecular flexibility index (Phi) is 6.12. The van der Waals surface area contributed by atoms with Crippen LogP contribution in [0.5, 0.6) is 0 Å². The second kappa shape index (κ2) is 9.38. The van der Waals surface area contributed by atoms with Crippen LogP contribution in [-0.4, -0.2) is 22.8 Å². The van der Waals surface area contributed by atoms with Crippen molar-refractivity contribution in [1.82, 2.24) is 4.90 Å². The zero-order valence-electron chi connectivity index (χ0n) is 18.8. The summed E-state index contributed by atoms with van der Waals surface area (Å²) in [6.07, 6.45) is 7.25. The van der Waals surface area contributed by atoms with Crippen molar-refractivity contribution in [2.45, 2.75) is 30.8 Å². The van der Waals surface area contributed by atoms with Crippen LogP contribution in [0.15, 0.2) is 88.6 Å². The maximum Gasteiger partial charge on any atom is 0.158 e. The monoisotopic (exact) mass is 520 g/mol. The normalized spacial score (nSPS) is 24.4. The molecule has 0 N–H and O–H groups in total. The zero-order valence-corrected chi connectivity index (χ0v) is 20.4. The molecule has 0 spiro atoms. The maximum atomic E-state index is 13.8. The second-order valence-electron chi connectivity index (χ2n) is 9.10. The van der Waals surface area contributed by atoms with Crippen molar-refractivity contribution in [3.8, 4) is 18.2 Å². The fourth-order valence-corrected chi connectivity index (χ4v) is 5.71. The minimum atomic E-state index is -0.496. The van der Waals surface area contributed by atoms with Gasteiger partial charge in [-0.05, 0) is 47.8 Å². The Morgan fingerprint density at radius 1 is 0.971 bits per heavy atom. The molecule has 5 rings (SSSR count). The van der Waals surface area contributed by atoms with Crippen LogP contribution in [0, 0.1) is 45.8 Å². The van der Waals surface area contributed by atoms with Crippen molar-refractivity contribution in [3.63, 3.8) is 0 Å². The lowest BCUT2D eigenvalue weighted by molar-refractivity contribution is -0.124. The molecular formula is C29H21BrN4O. The summed E-state index contributed by atoms with van der Waals surface area (Å²) in [5.41, 5.74) is 2.93. The minimum absolute atomic E-state index is 0.0118. The van der Waals surface area contributed by atoms with Crippen LogP contribution in [0.25, 0.3) is 5.57 Å². The molecule has 4 atom stereocenters. The summed E-state index contributed by atoms with van der Waals surface area (Å²) in [7, 11) is 0. The Bertz CT molecular complexity index is 1370. The van der Waals surface area contributed by atoms with Gasteiger partial charge >= 0.3 is 0 Å². The van der Waals surface area contributed by atoms with Crippen molar-refractivity contribution in [2.75, 3.05) is 0 Å². The molecule has 6 heteroatoms. The van der Waals surface area contributed by atoms with Crippen LogP contribution < -0.4 is 0 Å². The summed E-state index contributed by atoms with van der Waals surface area (Å²) in [5.74, 6) is -0.463. The maximum absolute atomic E-state index is 13.8. The molecular weight excluding hydrogens is 500 g/mol. The predicted octanol–water partition coefficient (Wildman–Crippen LogP) is 5.66. The molecule has 0 unspecified atom stereocenters. The largest absolute Gasteiger partial charge is 0.359 e. The van der Waals surface area contributed by atoms with Gasteiger partial charge in [-0.3, -0.25) is 4.79 Å². The highest BCUT2D eigenvalue weighted by atomic mass is 79.9. The number of hydrogen-bond acceptors (Lipinski definition) is 5. The van der Waals surface area contributed by atoms with Gasteiger partial charge in [-0.2, -0.15) is 15.8 Å². The lowest BCUT2D eigenvalue weighted by Gasteiger charge is -2.31. The quantitative estimate of drug-likeness (QED) is 0.474. The zero-order chi connectivity index (χ0) is 24.5. The van der Waals surface area contributed by atoms with Gasteiger partial charge in [0.1, 0.15) is 23.8 Å². The topological polar surface area (TPSA) is 91.7 Å². The molecule has 0 bridgehead atoms. The van der Waals surface area contributed by atoms with Crippen LogP contribution in [-0.2, 0) is 4.79 Å². The van der Waals surface area contributed by atoms with E-state index in [1.807, 2.05) is 65.6 Å². The standard InChI is InChI=1S/C29H21BrN4O/c30-23-11-9-20(10-12-23)26-27(25(22(15-32)16-33)19-4-2-1-3-5-19)24-13-6-18(14-31)17-34(24)28(26)29(35)21-7-8-21/h1-6,9-13,17,21,24,26-28H,7-8H2/t24-,26+,27-,28-/m1/s1. The number of carbonyl (C=O) groups is 1. The third-order valence-electron chi connectivity index (χ3n) is 7.09. The van der Waals surface area contributed by atoms with E-state index in [0.29, 0.717) is 11.1 Å². The van der Waals surface area contributed by atoms with Gasteiger partial charge < -0.3 is 4.90 Å². The number of allylic oxidation sites excluding steroid dienone is 3. The number of ketones is 1. The summed E-state index contributed by atoms with van der Waals surface area (Å²) in [6, 6.07) is 23.1. The molecule has 2 heterocycles. The third kappa shape index (κ3) is 4.10. The number of benzene rings is 2. The van der Waals surface area contributed by atoms with Gasteiger partial charge in [-0.25, -0.2) is 0 Å². The number of Topliss-reactive ketones (excluding diaryl/α,β-unsaturated/α-hetero) is 1. The van der Waals surface area contributed by atoms with Crippen molar-refractivity contribution >= 4 is 27.3 Å². The number of halogens is 1. The number of rotatable bonds is 5. The van der Waals surface area contributed by atoms with Gasteiger partial charge in [-0.1, -0.05) is 64.5 Å². The Morgan fingerprint density at radius 3 is 2.26 bits per heavy atom. The third-order valence-corrected chi connectivity index (χ3v) is 7.62. The molecule has 1 aliphatic carbocycles. The average molecular weight is 521 g/mol. The molecule has 3 aliphatic rings. The fraction of sp³-hybridized carbons (Fsp3) is 0.241. The van der Waals surface area contributed by atoms with Crippen LogP contribution >= 0.6 is 15.9 Å². The summed E-state index contributed by atoms with van der Waals surface area (Å²) in [5, 5.41) is 29.5. The van der Waals surface area contributed by atoms with Crippen molar-refractivity contribution in [1.29, 1.82) is 15.8 Å². The summed E-state index contributed by atoms with van der Waals surface area (Å²) in [6.45, 7) is 0. The Morgan fingerprint density at radius 2 is 1.66 bits per heavy atom. The van der Waals surface area contributed by atoms with Crippen LogP contribution in [0.2, 0.25) is 0 Å². The molecule has 0 amide bonds. The van der Waals surface area contributed by atoms with E-state index in [1.165, 1.54) is 0 Å². The Hall–Kier alpha value is -3.92. The lowest BCUT2D eigenvalue weighted by atomic mass is 9.73. The Balaban J connectivity index is 1.78. The molecule has 1 saturated heterocycles. The number of nitrogens with zero attached hydrogens (tertiary/aromatic N) is 4. The van der Waals surface area contributed by atoms with Gasteiger partial charge in [-0.15, -0.1) is 0 Å². The molecule has 170 valence electrons. The number of hydrogen-bond donors (Lipinski definition) is 0. The average Bonchev–Trinajstić information content (AvgIpc) is 3.70. The van der Waals surface area contributed by atoms with Gasteiger partial charge in [0, 0.05) is 28.4 Å². The predicted molar refractivity (Wildman–Crippen MR) is 135 cm³/mol. The van der Waals surface area contributed by atoms with E-state index in [-0.39, 0.29) is 35.2 Å². The van der Waals surface area contributed by atoms with Crippen LogP contribution in [0.3, 0.4) is 0 Å². The van der Waals surface area contributed by atoms with Crippen molar-refractivity contribution in [2.24, 2.45) is 11.8 Å². The molecule has 0 radical (unpaired) electrons. The first-order valence-corrected chi connectivity index (χ1v) is 12.3. The van der Waals surface area contributed by atoms with E-state index in [4.69, 9.17) is 0 Å². The molecule has 35 heavy (non-hydrogen) atoms. The number of carbonyl (C=O) groups excluding carboxylic acids is 1. The molecule has 2 aromatic carbocycles. The number of fused-ring (bicyclic) bond motifs is 1. The lowest BCUT2D eigenvalue weighted by Crippen LogP contribution is -2.40. The summed E-state index contributed by atoms with van der Waals surface area (Å²) >= 11 is 3.51. The highest BCUT2D eigenvalue weighted by Crippen LogP contribution is 2.53. The van der Waals surface area contributed by atoms with E-state index >= 15 is 0 Å². The van der Waals surface area contributed by atoms with E-state index in [1.54, 1.807) is 12.3 Å². The van der Waals surface area contributed by atoms with E-state index in [9.17, 15) is 20.6 Å². The summed E-state index contributed by atoms with van der Waals surface area (Å²) < 4.78 is 0.929. The van der Waals surface area contributed by atoms with E-state index in [0.717, 1.165) is 28.4 Å². The molecule has 2 aromatic rings. The minimum Gasteiger partial charge on any atom is -0.359 e. The van der Waals surface area contributed by atoms with Gasteiger partial charge in [0.15, 0.2) is 5.78 Å². The van der Waals surface area contributed by atoms with Crippen molar-refractivity contribution in [3.05, 3.63) is 99.7 Å². The Labute approximate surface area is 213 Å². The molecule has 5 nitrogen and oxygen atoms in total. The fourth-order valence-electron chi connectivity index (χ4n) is 5.45. The van der Waals surface area contributed by atoms with Gasteiger partial charge in [0.2, 0.25) is 0 Å². The van der Waals surface area contributed by atoms with Gasteiger partial charge in [0.25, 0.3) is 0 Å². The highest BCUT2D eigenvalue weighted by Gasteiger charge is 2.55. The van der Waals surface area contributed by atoms with Gasteiger partial charge in [0.05, 0.1) is 17.7 Å². The molecule has 2 fully saturated rings. The second-order valence-corrected chi connectivity index (χ2v) is 10.0. The molecule has 1 saturated carbocycles. The highest BCUT2D eigenvalue weighted by molar-refractivity contribution is 9.10. The first-order chi connectivity index (χ1) is 17.1. The first kappa shape index (κ1) is 22.9.